The number of aliphatic imine (C=N–C) groups is 1. The van der Waals surface area contributed by atoms with Crippen molar-refractivity contribution >= 4 is 29.9 Å². The Morgan fingerprint density at radius 3 is 3.04 bits per heavy atom. The normalized spacial score (nSPS) is 25.0. The van der Waals surface area contributed by atoms with Gasteiger partial charge in [-0.25, -0.2) is 0 Å². The van der Waals surface area contributed by atoms with Crippen LogP contribution in [0.4, 0.5) is 0 Å². The van der Waals surface area contributed by atoms with Gasteiger partial charge in [0.25, 0.3) is 0 Å². The summed E-state index contributed by atoms with van der Waals surface area (Å²) in [7, 11) is 2.18. The van der Waals surface area contributed by atoms with Crippen LogP contribution in [0, 0.1) is 5.92 Å². The van der Waals surface area contributed by atoms with Crippen LogP contribution < -0.4 is 15.8 Å². The quantitative estimate of drug-likeness (QED) is 0.439. The minimum atomic E-state index is 0. The molecule has 6 heteroatoms. The number of ether oxygens (including phenoxy) is 1. The third-order valence-corrected chi connectivity index (χ3v) is 4.52. The van der Waals surface area contributed by atoms with E-state index in [1.165, 1.54) is 24.9 Å². The van der Waals surface area contributed by atoms with E-state index in [9.17, 15) is 0 Å². The van der Waals surface area contributed by atoms with E-state index < -0.39 is 0 Å². The van der Waals surface area contributed by atoms with Crippen molar-refractivity contribution in [3.63, 3.8) is 0 Å². The number of nitrogens with two attached hydrogens (primary N) is 1. The van der Waals surface area contributed by atoms with Crippen LogP contribution >= 0.6 is 24.0 Å². The standard InChI is InChI=1S/C17H26N4O.HI/c1-21-9-4-5-13(12-21)11-19-17(18)20-15-8-10-22-16-7-3-2-6-14(15)16;/h2-3,6-7,13,15H,4-5,8-12H2,1H3,(H3,18,19,20);1H. The summed E-state index contributed by atoms with van der Waals surface area (Å²) < 4.78 is 5.68. The molecule has 0 spiro atoms. The third kappa shape index (κ3) is 4.97. The number of piperidine rings is 1. The molecule has 1 aromatic carbocycles. The highest BCUT2D eigenvalue weighted by Crippen LogP contribution is 2.31. The van der Waals surface area contributed by atoms with Crippen molar-refractivity contribution < 1.29 is 4.74 Å². The number of fused-ring (bicyclic) bond motifs is 1. The molecule has 0 amide bonds. The van der Waals surface area contributed by atoms with E-state index in [0.717, 1.165) is 31.9 Å². The van der Waals surface area contributed by atoms with Gasteiger partial charge in [0.05, 0.1) is 12.6 Å². The lowest BCUT2D eigenvalue weighted by Gasteiger charge is -2.29. The van der Waals surface area contributed by atoms with Gasteiger partial charge in [0, 0.05) is 25.1 Å². The smallest absolute Gasteiger partial charge is 0.189 e. The van der Waals surface area contributed by atoms with E-state index in [1.54, 1.807) is 0 Å². The number of benzene rings is 1. The summed E-state index contributed by atoms with van der Waals surface area (Å²) in [4.78, 5) is 6.94. The van der Waals surface area contributed by atoms with Crippen molar-refractivity contribution in [2.75, 3.05) is 33.3 Å². The van der Waals surface area contributed by atoms with E-state index in [0.29, 0.717) is 11.9 Å². The zero-order valence-corrected chi connectivity index (χ0v) is 16.0. The number of nitrogens with one attached hydrogen (secondary N) is 1. The van der Waals surface area contributed by atoms with Crippen molar-refractivity contribution in [1.82, 2.24) is 10.2 Å². The molecule has 2 aliphatic rings. The van der Waals surface area contributed by atoms with Crippen LogP contribution in [0.2, 0.25) is 0 Å². The summed E-state index contributed by atoms with van der Waals surface area (Å²) in [6.45, 7) is 3.85. The Hall–Kier alpha value is -1.02. The van der Waals surface area contributed by atoms with Gasteiger partial charge < -0.3 is 20.7 Å². The molecule has 1 fully saturated rings. The van der Waals surface area contributed by atoms with Gasteiger partial charge in [0.15, 0.2) is 5.96 Å². The predicted molar refractivity (Wildman–Crippen MR) is 105 cm³/mol. The zero-order chi connectivity index (χ0) is 15.4. The monoisotopic (exact) mass is 430 g/mol. The number of hydrogen-bond donors (Lipinski definition) is 2. The number of para-hydroxylation sites is 1. The van der Waals surface area contributed by atoms with E-state index in [-0.39, 0.29) is 30.0 Å². The van der Waals surface area contributed by atoms with Crippen molar-refractivity contribution in [2.45, 2.75) is 25.3 Å². The molecule has 2 aliphatic heterocycles. The molecular formula is C17H27IN4O. The summed E-state index contributed by atoms with van der Waals surface area (Å²) in [5.41, 5.74) is 7.27. The van der Waals surface area contributed by atoms with Gasteiger partial charge in [-0.3, -0.25) is 4.99 Å². The van der Waals surface area contributed by atoms with Gasteiger partial charge in [-0.05, 0) is 38.4 Å². The summed E-state index contributed by atoms with van der Waals surface area (Å²) in [6.07, 6.45) is 3.43. The molecule has 1 aromatic rings. The minimum Gasteiger partial charge on any atom is -0.493 e. The fourth-order valence-corrected chi connectivity index (χ4v) is 3.37. The lowest BCUT2D eigenvalue weighted by molar-refractivity contribution is 0.214. The predicted octanol–water partition coefficient (Wildman–Crippen LogP) is 2.37. The van der Waals surface area contributed by atoms with E-state index in [1.807, 2.05) is 18.2 Å². The van der Waals surface area contributed by atoms with Crippen molar-refractivity contribution in [3.8, 4) is 5.75 Å². The highest BCUT2D eigenvalue weighted by molar-refractivity contribution is 14.0. The van der Waals surface area contributed by atoms with Crippen LogP contribution in [0.25, 0.3) is 0 Å². The Kier molecular flexibility index (Phi) is 6.95. The van der Waals surface area contributed by atoms with Gasteiger partial charge in [-0.15, -0.1) is 24.0 Å². The summed E-state index contributed by atoms with van der Waals surface area (Å²) in [6, 6.07) is 8.33. The second-order valence-corrected chi connectivity index (χ2v) is 6.37. The van der Waals surface area contributed by atoms with Gasteiger partial charge in [-0.1, -0.05) is 18.2 Å². The number of rotatable bonds is 3. The fraction of sp³-hybridized carbons (Fsp3) is 0.588. The molecule has 0 aromatic heterocycles. The molecule has 3 rings (SSSR count). The lowest BCUT2D eigenvalue weighted by atomic mass is 9.99. The van der Waals surface area contributed by atoms with Gasteiger partial charge >= 0.3 is 0 Å². The molecule has 1 saturated heterocycles. The van der Waals surface area contributed by atoms with E-state index >= 15 is 0 Å². The molecule has 2 atom stereocenters. The fourth-order valence-electron chi connectivity index (χ4n) is 3.37. The molecule has 2 heterocycles. The summed E-state index contributed by atoms with van der Waals surface area (Å²) in [5, 5.41) is 3.36. The van der Waals surface area contributed by atoms with Gasteiger partial charge in [-0.2, -0.15) is 0 Å². The third-order valence-electron chi connectivity index (χ3n) is 4.52. The molecule has 2 unspecified atom stereocenters. The molecule has 3 N–H and O–H groups in total. The molecule has 0 aliphatic carbocycles. The van der Waals surface area contributed by atoms with Crippen LogP contribution in [0.5, 0.6) is 5.75 Å². The number of guanidine groups is 1. The van der Waals surface area contributed by atoms with E-state index in [2.05, 4.69) is 28.3 Å². The largest absolute Gasteiger partial charge is 0.493 e. The van der Waals surface area contributed by atoms with Gasteiger partial charge in [0.1, 0.15) is 5.75 Å². The SMILES string of the molecule is CN1CCCC(CN=C(N)NC2CCOc3ccccc32)C1.I. The topological polar surface area (TPSA) is 62.9 Å². The zero-order valence-electron chi connectivity index (χ0n) is 13.7. The molecular weight excluding hydrogens is 403 g/mol. The van der Waals surface area contributed by atoms with Crippen LogP contribution in [-0.4, -0.2) is 44.1 Å². The number of hydrogen-bond acceptors (Lipinski definition) is 3. The maximum atomic E-state index is 6.10. The molecule has 5 nitrogen and oxygen atoms in total. The molecule has 0 bridgehead atoms. The lowest BCUT2D eigenvalue weighted by Crippen LogP contribution is -2.38. The van der Waals surface area contributed by atoms with Crippen LogP contribution in [0.3, 0.4) is 0 Å². The van der Waals surface area contributed by atoms with Crippen molar-refractivity contribution in [1.29, 1.82) is 0 Å². The first kappa shape index (κ1) is 18.3. The molecule has 128 valence electrons. The average molecular weight is 430 g/mol. The Bertz CT molecular complexity index is 537. The Morgan fingerprint density at radius 2 is 2.22 bits per heavy atom. The highest BCUT2D eigenvalue weighted by Gasteiger charge is 2.21. The highest BCUT2D eigenvalue weighted by atomic mass is 127. The number of nitrogens with zero attached hydrogens (tertiary/aromatic N) is 2. The number of likely N-dealkylation sites (tertiary alicyclic amines) is 1. The maximum absolute atomic E-state index is 6.10. The van der Waals surface area contributed by atoms with E-state index in [4.69, 9.17) is 10.5 Å². The first-order valence-corrected chi connectivity index (χ1v) is 8.19. The minimum absolute atomic E-state index is 0. The second kappa shape index (κ2) is 8.73. The van der Waals surface area contributed by atoms with Crippen LogP contribution in [-0.2, 0) is 0 Å². The second-order valence-electron chi connectivity index (χ2n) is 6.37. The summed E-state index contributed by atoms with van der Waals surface area (Å²) in [5.74, 6) is 2.13. The summed E-state index contributed by atoms with van der Waals surface area (Å²) >= 11 is 0. The maximum Gasteiger partial charge on any atom is 0.189 e. The Morgan fingerprint density at radius 1 is 1.39 bits per heavy atom. The first-order valence-electron chi connectivity index (χ1n) is 8.19. The van der Waals surface area contributed by atoms with Crippen LogP contribution in [0.15, 0.2) is 29.3 Å². The Labute approximate surface area is 155 Å². The molecule has 23 heavy (non-hydrogen) atoms. The van der Waals surface area contributed by atoms with Crippen LogP contribution in [0.1, 0.15) is 30.9 Å². The van der Waals surface area contributed by atoms with Crippen molar-refractivity contribution in [3.05, 3.63) is 29.8 Å². The Balaban J connectivity index is 0.00000192. The average Bonchev–Trinajstić information content (AvgIpc) is 2.53. The first-order chi connectivity index (χ1) is 10.7. The number of halogens is 1. The van der Waals surface area contributed by atoms with Crippen molar-refractivity contribution in [2.24, 2.45) is 16.6 Å². The van der Waals surface area contributed by atoms with Gasteiger partial charge in [0.2, 0.25) is 0 Å². The molecule has 0 saturated carbocycles. The molecule has 0 radical (unpaired) electrons.